The van der Waals surface area contributed by atoms with Crippen molar-refractivity contribution >= 4 is 33.8 Å². The van der Waals surface area contributed by atoms with Crippen LogP contribution in [-0.2, 0) is 9.59 Å². The summed E-state index contributed by atoms with van der Waals surface area (Å²) in [6.45, 7) is 0.203. The first-order chi connectivity index (χ1) is 7.45. The Hall–Kier alpha value is -1.11. The molecule has 7 heteroatoms. The quantitative estimate of drug-likeness (QED) is 0.441. The van der Waals surface area contributed by atoms with Crippen LogP contribution in [0.3, 0.4) is 0 Å². The van der Waals surface area contributed by atoms with Crippen LogP contribution in [0.25, 0.3) is 0 Å². The SMILES string of the molecule is CN(CC(=O)O)C(=N)N1CC(CBr)CC1=O. The van der Waals surface area contributed by atoms with Crippen molar-refractivity contribution in [3.05, 3.63) is 0 Å². The van der Waals surface area contributed by atoms with Crippen molar-refractivity contribution in [1.29, 1.82) is 5.41 Å². The molecular formula is C9H14BrN3O3. The van der Waals surface area contributed by atoms with E-state index in [2.05, 4.69) is 15.9 Å². The molecule has 1 saturated heterocycles. The molecule has 1 atom stereocenters. The zero-order chi connectivity index (χ0) is 12.3. The molecule has 1 heterocycles. The molecule has 0 aromatic rings. The maximum atomic E-state index is 11.6. The summed E-state index contributed by atoms with van der Waals surface area (Å²) in [5, 5.41) is 17.0. The lowest BCUT2D eigenvalue weighted by molar-refractivity contribution is -0.137. The van der Waals surface area contributed by atoms with Gasteiger partial charge in [-0.2, -0.15) is 0 Å². The molecule has 1 aliphatic rings. The Bertz CT molecular complexity index is 321. The predicted octanol–water partition coefficient (Wildman–Crippen LogP) is 0.181. The maximum Gasteiger partial charge on any atom is 0.323 e. The summed E-state index contributed by atoms with van der Waals surface area (Å²) in [4.78, 5) is 24.6. The first kappa shape index (κ1) is 13.0. The minimum absolute atomic E-state index is 0.0455. The van der Waals surface area contributed by atoms with Gasteiger partial charge in [0.1, 0.15) is 6.54 Å². The molecule has 0 aromatic heterocycles. The normalized spacial score (nSPS) is 20.0. The van der Waals surface area contributed by atoms with Crippen molar-refractivity contribution in [2.75, 3.05) is 25.5 Å². The average Bonchev–Trinajstić information content (AvgIpc) is 2.57. The molecule has 2 N–H and O–H groups in total. The Morgan fingerprint density at radius 2 is 2.38 bits per heavy atom. The van der Waals surface area contributed by atoms with Gasteiger partial charge in [-0.05, 0) is 5.92 Å². The van der Waals surface area contributed by atoms with Gasteiger partial charge in [-0.3, -0.25) is 19.9 Å². The summed E-state index contributed by atoms with van der Waals surface area (Å²) in [5.41, 5.74) is 0. The van der Waals surface area contributed by atoms with Crippen LogP contribution in [0, 0.1) is 11.3 Å². The van der Waals surface area contributed by atoms with Crippen molar-refractivity contribution in [2.45, 2.75) is 6.42 Å². The van der Waals surface area contributed by atoms with Crippen LogP contribution in [0.1, 0.15) is 6.42 Å². The van der Waals surface area contributed by atoms with E-state index in [0.717, 1.165) is 0 Å². The van der Waals surface area contributed by atoms with E-state index in [1.54, 1.807) is 0 Å². The molecule has 16 heavy (non-hydrogen) atoms. The number of rotatable bonds is 3. The summed E-state index contributed by atoms with van der Waals surface area (Å²) < 4.78 is 0. The number of carbonyl (C=O) groups excluding carboxylic acids is 1. The topological polar surface area (TPSA) is 84.7 Å². The van der Waals surface area contributed by atoms with E-state index >= 15 is 0 Å². The Balaban J connectivity index is 2.60. The van der Waals surface area contributed by atoms with Gasteiger partial charge in [0, 0.05) is 25.3 Å². The highest BCUT2D eigenvalue weighted by Gasteiger charge is 2.32. The number of likely N-dealkylation sites (tertiary alicyclic amines) is 1. The standard InChI is InChI=1S/C9H14BrN3O3/c1-12(5-8(15)16)9(11)13-4-6(3-10)2-7(13)14/h6,11H,2-5H2,1H3,(H,15,16). The number of halogens is 1. The number of nitrogens with zero attached hydrogens (tertiary/aromatic N) is 2. The van der Waals surface area contributed by atoms with Gasteiger partial charge >= 0.3 is 5.97 Å². The van der Waals surface area contributed by atoms with Crippen LogP contribution in [-0.4, -0.2) is 58.2 Å². The summed E-state index contributed by atoms with van der Waals surface area (Å²) >= 11 is 3.30. The first-order valence-corrected chi connectivity index (χ1v) is 5.95. The highest BCUT2D eigenvalue weighted by atomic mass is 79.9. The van der Waals surface area contributed by atoms with Gasteiger partial charge in [0.15, 0.2) is 0 Å². The molecule has 0 radical (unpaired) electrons. The Kier molecular flexibility index (Phi) is 4.28. The van der Waals surface area contributed by atoms with E-state index in [4.69, 9.17) is 10.5 Å². The summed E-state index contributed by atoms with van der Waals surface area (Å²) in [6.07, 6.45) is 0.411. The molecule has 90 valence electrons. The highest BCUT2D eigenvalue weighted by molar-refractivity contribution is 9.09. The number of carboxylic acids is 1. The van der Waals surface area contributed by atoms with Crippen molar-refractivity contribution in [3.8, 4) is 0 Å². The van der Waals surface area contributed by atoms with Crippen LogP contribution in [0.2, 0.25) is 0 Å². The van der Waals surface area contributed by atoms with Gasteiger partial charge in [-0.1, -0.05) is 15.9 Å². The second-order valence-electron chi connectivity index (χ2n) is 3.80. The van der Waals surface area contributed by atoms with E-state index in [-0.39, 0.29) is 24.3 Å². The van der Waals surface area contributed by atoms with Crippen LogP contribution >= 0.6 is 15.9 Å². The second kappa shape index (κ2) is 5.29. The van der Waals surface area contributed by atoms with E-state index < -0.39 is 5.97 Å². The molecule has 1 rings (SSSR count). The number of alkyl halides is 1. The molecular weight excluding hydrogens is 278 g/mol. The molecule has 0 saturated carbocycles. The third kappa shape index (κ3) is 2.94. The molecule has 1 fully saturated rings. The van der Waals surface area contributed by atoms with Gasteiger partial charge in [0.2, 0.25) is 11.9 Å². The van der Waals surface area contributed by atoms with Gasteiger partial charge in [-0.15, -0.1) is 0 Å². The lowest BCUT2D eigenvalue weighted by Crippen LogP contribution is -2.44. The Morgan fingerprint density at radius 1 is 1.75 bits per heavy atom. The predicted molar refractivity (Wildman–Crippen MR) is 61.6 cm³/mol. The molecule has 6 nitrogen and oxygen atoms in total. The van der Waals surface area contributed by atoms with Gasteiger partial charge in [0.05, 0.1) is 0 Å². The number of hydrogen-bond donors (Lipinski definition) is 2. The minimum Gasteiger partial charge on any atom is -0.480 e. The monoisotopic (exact) mass is 291 g/mol. The zero-order valence-corrected chi connectivity index (χ0v) is 10.5. The van der Waals surface area contributed by atoms with E-state index in [9.17, 15) is 9.59 Å². The number of aliphatic carboxylic acids is 1. The molecule has 1 aliphatic heterocycles. The first-order valence-electron chi connectivity index (χ1n) is 4.83. The second-order valence-corrected chi connectivity index (χ2v) is 4.45. The van der Waals surface area contributed by atoms with Crippen LogP contribution in [0.15, 0.2) is 0 Å². The number of nitrogens with one attached hydrogen (secondary N) is 1. The van der Waals surface area contributed by atoms with Gasteiger partial charge in [0.25, 0.3) is 0 Å². The number of carboxylic acid groups (broad SMARTS) is 1. The fourth-order valence-electron chi connectivity index (χ4n) is 1.57. The van der Waals surface area contributed by atoms with Crippen LogP contribution < -0.4 is 0 Å². The van der Waals surface area contributed by atoms with Crippen LogP contribution in [0.4, 0.5) is 0 Å². The maximum absolute atomic E-state index is 11.6. The third-order valence-corrected chi connectivity index (χ3v) is 3.33. The Morgan fingerprint density at radius 3 is 2.81 bits per heavy atom. The van der Waals surface area contributed by atoms with Gasteiger partial charge < -0.3 is 10.0 Å². The summed E-state index contributed by atoms with van der Waals surface area (Å²) in [7, 11) is 1.49. The summed E-state index contributed by atoms with van der Waals surface area (Å²) in [6, 6.07) is 0. The highest BCUT2D eigenvalue weighted by Crippen LogP contribution is 2.20. The third-order valence-electron chi connectivity index (χ3n) is 2.41. The lowest BCUT2D eigenvalue weighted by atomic mass is 10.2. The molecule has 0 aromatic carbocycles. The number of guanidine groups is 1. The number of likely N-dealkylation sites (N-methyl/N-ethyl adjacent to an activating group) is 1. The summed E-state index contributed by atoms with van der Waals surface area (Å²) in [5.74, 6) is -0.982. The largest absolute Gasteiger partial charge is 0.480 e. The van der Waals surface area contributed by atoms with Crippen molar-refractivity contribution in [2.24, 2.45) is 5.92 Å². The smallest absolute Gasteiger partial charge is 0.323 e. The van der Waals surface area contributed by atoms with Crippen molar-refractivity contribution in [1.82, 2.24) is 9.80 Å². The van der Waals surface area contributed by atoms with E-state index in [1.807, 2.05) is 0 Å². The van der Waals surface area contributed by atoms with E-state index in [1.165, 1.54) is 16.8 Å². The van der Waals surface area contributed by atoms with Crippen molar-refractivity contribution in [3.63, 3.8) is 0 Å². The molecule has 0 bridgehead atoms. The van der Waals surface area contributed by atoms with Gasteiger partial charge in [-0.25, -0.2) is 0 Å². The van der Waals surface area contributed by atoms with E-state index in [0.29, 0.717) is 18.3 Å². The fraction of sp³-hybridized carbons (Fsp3) is 0.667. The number of amides is 1. The molecule has 0 spiro atoms. The van der Waals surface area contributed by atoms with Crippen molar-refractivity contribution < 1.29 is 14.7 Å². The van der Waals surface area contributed by atoms with Crippen LogP contribution in [0.5, 0.6) is 0 Å². The molecule has 1 amide bonds. The number of carbonyl (C=O) groups is 2. The minimum atomic E-state index is -1.02. The molecule has 1 unspecified atom stereocenters. The fourth-order valence-corrected chi connectivity index (χ4v) is 2.01. The zero-order valence-electron chi connectivity index (χ0n) is 8.94. The average molecular weight is 292 g/mol. The number of hydrogen-bond acceptors (Lipinski definition) is 3. The lowest BCUT2D eigenvalue weighted by Gasteiger charge is -2.25. The molecule has 0 aliphatic carbocycles. The Labute approximate surface area is 102 Å².